The van der Waals surface area contributed by atoms with Crippen LogP contribution in [0.2, 0.25) is 0 Å². The number of halogens is 1. The number of likely N-dealkylation sites (tertiary alicyclic amines) is 1. The summed E-state index contributed by atoms with van der Waals surface area (Å²) in [6, 6.07) is 5.77. The summed E-state index contributed by atoms with van der Waals surface area (Å²) in [6.45, 7) is 6.40. The molecule has 0 unspecified atom stereocenters. The molecule has 120 valence electrons. The maximum absolute atomic E-state index is 12.1. The molecule has 0 spiro atoms. The van der Waals surface area contributed by atoms with Gasteiger partial charge >= 0.3 is 0 Å². The van der Waals surface area contributed by atoms with Crippen molar-refractivity contribution in [2.75, 3.05) is 20.2 Å². The van der Waals surface area contributed by atoms with Crippen LogP contribution in [0.4, 0.5) is 0 Å². The van der Waals surface area contributed by atoms with Gasteiger partial charge in [-0.1, -0.05) is 0 Å². The molecule has 1 amide bonds. The van der Waals surface area contributed by atoms with Crippen LogP contribution < -0.4 is 10.2 Å². The summed E-state index contributed by atoms with van der Waals surface area (Å²) in [7, 11) is 1.59. The molecule has 0 saturated carbocycles. The number of methoxy groups -OCH3 is 1. The van der Waals surface area contributed by atoms with Crippen molar-refractivity contribution in [2.24, 2.45) is 5.10 Å². The van der Waals surface area contributed by atoms with Crippen molar-refractivity contribution < 1.29 is 9.53 Å². The van der Waals surface area contributed by atoms with E-state index in [1.54, 1.807) is 25.3 Å². The van der Waals surface area contributed by atoms with E-state index in [9.17, 15) is 4.79 Å². The maximum Gasteiger partial charge on any atom is 0.271 e. The average molecular weight is 368 g/mol. The summed E-state index contributed by atoms with van der Waals surface area (Å²) in [5.74, 6) is 0.492. The predicted octanol–water partition coefficient (Wildman–Crippen LogP) is 3.05. The highest BCUT2D eigenvalue weighted by atomic mass is 79.9. The van der Waals surface area contributed by atoms with Crippen LogP contribution in [0.3, 0.4) is 0 Å². The van der Waals surface area contributed by atoms with E-state index in [4.69, 9.17) is 4.74 Å². The highest BCUT2D eigenvalue weighted by Gasteiger charge is 2.17. The van der Waals surface area contributed by atoms with Gasteiger partial charge in [-0.3, -0.25) is 4.79 Å². The highest BCUT2D eigenvalue weighted by molar-refractivity contribution is 9.10. The Morgan fingerprint density at radius 3 is 2.59 bits per heavy atom. The van der Waals surface area contributed by atoms with Crippen LogP contribution in [0.1, 0.15) is 37.0 Å². The fourth-order valence-corrected chi connectivity index (χ4v) is 2.95. The lowest BCUT2D eigenvalue weighted by Gasteiger charge is -2.30. The van der Waals surface area contributed by atoms with E-state index in [0.717, 1.165) is 36.1 Å². The summed E-state index contributed by atoms with van der Waals surface area (Å²) < 4.78 is 5.90. The van der Waals surface area contributed by atoms with Gasteiger partial charge in [-0.25, -0.2) is 5.43 Å². The number of hydrogen-bond acceptors (Lipinski definition) is 4. The Balaban J connectivity index is 1.93. The monoisotopic (exact) mass is 367 g/mol. The first-order valence-electron chi connectivity index (χ1n) is 7.44. The number of amides is 1. The third-order valence-corrected chi connectivity index (χ3v) is 4.45. The van der Waals surface area contributed by atoms with Crippen LogP contribution in [0.15, 0.2) is 27.8 Å². The Hall–Kier alpha value is -1.40. The van der Waals surface area contributed by atoms with Crippen molar-refractivity contribution in [3.63, 3.8) is 0 Å². The first-order chi connectivity index (χ1) is 10.5. The fraction of sp³-hybridized carbons (Fsp3) is 0.500. The van der Waals surface area contributed by atoms with Crippen LogP contribution in [-0.2, 0) is 0 Å². The van der Waals surface area contributed by atoms with E-state index in [-0.39, 0.29) is 5.91 Å². The van der Waals surface area contributed by atoms with Gasteiger partial charge in [-0.2, -0.15) is 5.10 Å². The Bertz CT molecular complexity index is 563. The molecule has 1 N–H and O–H groups in total. The molecular formula is C16H22BrN3O2. The normalized spacial score (nSPS) is 15.8. The lowest BCUT2D eigenvalue weighted by Crippen LogP contribution is -2.39. The van der Waals surface area contributed by atoms with Gasteiger partial charge in [-0.15, -0.1) is 0 Å². The summed E-state index contributed by atoms with van der Waals surface area (Å²) in [6.07, 6.45) is 1.82. The second kappa shape index (κ2) is 7.74. The lowest BCUT2D eigenvalue weighted by molar-refractivity contribution is 0.0954. The van der Waals surface area contributed by atoms with Gasteiger partial charge in [0.05, 0.1) is 11.6 Å². The van der Waals surface area contributed by atoms with Crippen LogP contribution >= 0.6 is 15.9 Å². The molecule has 0 bridgehead atoms. The maximum atomic E-state index is 12.1. The van der Waals surface area contributed by atoms with Gasteiger partial charge in [0.15, 0.2) is 0 Å². The van der Waals surface area contributed by atoms with Crippen molar-refractivity contribution in [2.45, 2.75) is 32.7 Å². The highest BCUT2D eigenvalue weighted by Crippen LogP contribution is 2.25. The fourth-order valence-electron chi connectivity index (χ4n) is 2.41. The number of hydrogen-bond donors (Lipinski definition) is 1. The van der Waals surface area contributed by atoms with Gasteiger partial charge in [0.25, 0.3) is 5.91 Å². The molecule has 1 heterocycles. The minimum Gasteiger partial charge on any atom is -0.496 e. The number of benzene rings is 1. The molecule has 1 fully saturated rings. The van der Waals surface area contributed by atoms with E-state index < -0.39 is 0 Å². The van der Waals surface area contributed by atoms with Crippen molar-refractivity contribution in [3.8, 4) is 5.75 Å². The van der Waals surface area contributed by atoms with Gasteiger partial charge in [0.2, 0.25) is 0 Å². The molecule has 22 heavy (non-hydrogen) atoms. The van der Waals surface area contributed by atoms with Crippen LogP contribution in [0.5, 0.6) is 5.75 Å². The molecule has 1 aliphatic rings. The number of nitrogens with one attached hydrogen (secondary N) is 1. The Morgan fingerprint density at radius 2 is 2.05 bits per heavy atom. The minimum atomic E-state index is -0.206. The molecule has 1 saturated heterocycles. The van der Waals surface area contributed by atoms with E-state index in [1.165, 1.54) is 0 Å². The minimum absolute atomic E-state index is 0.206. The topological polar surface area (TPSA) is 53.9 Å². The summed E-state index contributed by atoms with van der Waals surface area (Å²) in [5, 5.41) is 4.27. The number of piperidine rings is 1. The number of carbonyl (C=O) groups excluding carboxylic acids is 1. The molecule has 1 aromatic carbocycles. The third kappa shape index (κ3) is 4.30. The molecule has 0 atom stereocenters. The van der Waals surface area contributed by atoms with Crippen molar-refractivity contribution in [1.82, 2.24) is 10.3 Å². The van der Waals surface area contributed by atoms with Gasteiger partial charge in [-0.05, 0) is 48.0 Å². The molecule has 0 aromatic heterocycles. The first kappa shape index (κ1) is 17.0. The molecule has 0 radical (unpaired) electrons. The van der Waals surface area contributed by atoms with Crippen molar-refractivity contribution in [1.29, 1.82) is 0 Å². The number of carbonyl (C=O) groups is 1. The Kier molecular flexibility index (Phi) is 5.97. The number of nitrogens with zero attached hydrogens (tertiary/aromatic N) is 2. The molecule has 1 aliphatic heterocycles. The van der Waals surface area contributed by atoms with E-state index in [1.807, 2.05) is 0 Å². The van der Waals surface area contributed by atoms with Crippen molar-refractivity contribution in [3.05, 3.63) is 28.2 Å². The van der Waals surface area contributed by atoms with Gasteiger partial charge in [0.1, 0.15) is 5.75 Å². The average Bonchev–Trinajstić information content (AvgIpc) is 2.52. The van der Waals surface area contributed by atoms with E-state index in [0.29, 0.717) is 17.4 Å². The Labute approximate surface area is 139 Å². The second-order valence-electron chi connectivity index (χ2n) is 5.60. The summed E-state index contributed by atoms with van der Waals surface area (Å²) in [5.41, 5.74) is 4.25. The quantitative estimate of drug-likeness (QED) is 0.832. The molecule has 2 rings (SSSR count). The molecule has 0 aliphatic carbocycles. The molecule has 1 aromatic rings. The molecule has 6 heteroatoms. The first-order valence-corrected chi connectivity index (χ1v) is 8.24. The largest absolute Gasteiger partial charge is 0.496 e. The number of rotatable bonds is 4. The number of hydrazone groups is 1. The summed E-state index contributed by atoms with van der Waals surface area (Å²) >= 11 is 3.38. The molecular weight excluding hydrogens is 346 g/mol. The summed E-state index contributed by atoms with van der Waals surface area (Å²) in [4.78, 5) is 14.5. The van der Waals surface area contributed by atoms with E-state index in [2.05, 4.69) is 45.2 Å². The van der Waals surface area contributed by atoms with Gasteiger partial charge < -0.3 is 9.64 Å². The van der Waals surface area contributed by atoms with Crippen LogP contribution in [0, 0.1) is 0 Å². The zero-order valence-electron chi connectivity index (χ0n) is 13.2. The Morgan fingerprint density at radius 1 is 1.36 bits per heavy atom. The molecule has 5 nitrogen and oxygen atoms in total. The SMILES string of the molecule is COc1ccc(C(=O)NN=C2CCN(C(C)C)CC2)cc1Br. The predicted molar refractivity (Wildman–Crippen MR) is 91.5 cm³/mol. The lowest BCUT2D eigenvalue weighted by atomic mass is 10.1. The van der Waals surface area contributed by atoms with Gasteiger partial charge in [0, 0.05) is 43.2 Å². The number of ether oxygens (including phenoxy) is 1. The zero-order valence-corrected chi connectivity index (χ0v) is 14.8. The second-order valence-corrected chi connectivity index (χ2v) is 6.45. The zero-order chi connectivity index (χ0) is 16.1. The third-order valence-electron chi connectivity index (χ3n) is 3.84. The van der Waals surface area contributed by atoms with Crippen LogP contribution in [0.25, 0.3) is 0 Å². The smallest absolute Gasteiger partial charge is 0.271 e. The standard InChI is InChI=1S/C16H22BrN3O2/c1-11(2)20-8-6-13(7-9-20)18-19-16(21)12-4-5-15(22-3)14(17)10-12/h4-5,10-11H,6-9H2,1-3H3,(H,19,21). The van der Waals surface area contributed by atoms with E-state index >= 15 is 0 Å². The van der Waals surface area contributed by atoms with Crippen molar-refractivity contribution >= 4 is 27.5 Å². The van der Waals surface area contributed by atoms with Crippen LogP contribution in [-0.4, -0.2) is 42.8 Å².